The topological polar surface area (TPSA) is 56.1 Å². The van der Waals surface area contributed by atoms with Crippen LogP contribution >= 0.6 is 0 Å². The minimum atomic E-state index is -0.0131. The zero-order valence-electron chi connectivity index (χ0n) is 7.49. The average molecular weight is 179 g/mol. The van der Waals surface area contributed by atoms with Crippen molar-refractivity contribution in [2.24, 2.45) is 0 Å². The van der Waals surface area contributed by atoms with E-state index < -0.39 is 0 Å². The smallest absolute Gasteiger partial charge is 0.236 e. The molecule has 2 atom stereocenters. The molecule has 0 aromatic carbocycles. The summed E-state index contributed by atoms with van der Waals surface area (Å²) < 4.78 is 0. The van der Waals surface area contributed by atoms with Crippen molar-refractivity contribution in [3.8, 4) is 6.07 Å². The number of rotatable bonds is 1. The Balaban J connectivity index is 1.95. The lowest BCUT2D eigenvalue weighted by atomic mass is 10.2. The summed E-state index contributed by atoms with van der Waals surface area (Å²) in [5.74, 6) is -0.0131. The van der Waals surface area contributed by atoms with Crippen molar-refractivity contribution in [3.05, 3.63) is 0 Å². The number of hydrogen-bond acceptors (Lipinski definition) is 3. The SMILES string of the molecule is N#CCC(=O)N1CC2CCC(C1)N2. The Kier molecular flexibility index (Phi) is 2.19. The molecule has 2 unspecified atom stereocenters. The van der Waals surface area contributed by atoms with Gasteiger partial charge in [-0.05, 0) is 12.8 Å². The van der Waals surface area contributed by atoms with Crippen LogP contribution in [0.1, 0.15) is 19.3 Å². The van der Waals surface area contributed by atoms with Gasteiger partial charge in [0.15, 0.2) is 0 Å². The Morgan fingerprint density at radius 1 is 1.46 bits per heavy atom. The standard InChI is InChI=1S/C9H13N3O/c10-4-3-9(13)12-5-7-1-2-8(6-12)11-7/h7-8,11H,1-3,5-6H2. The van der Waals surface area contributed by atoms with E-state index in [0.29, 0.717) is 12.1 Å². The van der Waals surface area contributed by atoms with Crippen LogP contribution in [0.25, 0.3) is 0 Å². The first kappa shape index (κ1) is 8.52. The molecule has 1 N–H and O–H groups in total. The number of nitrogens with zero attached hydrogens (tertiary/aromatic N) is 2. The molecule has 0 aliphatic carbocycles. The van der Waals surface area contributed by atoms with Crippen molar-refractivity contribution in [2.45, 2.75) is 31.3 Å². The van der Waals surface area contributed by atoms with Gasteiger partial charge in [-0.25, -0.2) is 0 Å². The van der Waals surface area contributed by atoms with E-state index in [1.54, 1.807) is 0 Å². The Morgan fingerprint density at radius 3 is 2.62 bits per heavy atom. The maximum atomic E-state index is 11.4. The molecule has 0 saturated carbocycles. The lowest BCUT2D eigenvalue weighted by Crippen LogP contribution is -2.52. The second kappa shape index (κ2) is 3.35. The zero-order chi connectivity index (χ0) is 9.26. The number of amides is 1. The molecular formula is C9H13N3O. The van der Waals surface area contributed by atoms with E-state index in [9.17, 15) is 4.79 Å². The highest BCUT2D eigenvalue weighted by molar-refractivity contribution is 5.78. The summed E-state index contributed by atoms with van der Waals surface area (Å²) in [7, 11) is 0. The van der Waals surface area contributed by atoms with Crippen LogP contribution in [0, 0.1) is 11.3 Å². The van der Waals surface area contributed by atoms with Gasteiger partial charge in [-0.1, -0.05) is 0 Å². The number of piperazine rings is 1. The average Bonchev–Trinajstić information content (AvgIpc) is 2.46. The molecule has 4 nitrogen and oxygen atoms in total. The van der Waals surface area contributed by atoms with Gasteiger partial charge in [0.05, 0.1) is 6.07 Å². The van der Waals surface area contributed by atoms with E-state index in [2.05, 4.69) is 5.32 Å². The van der Waals surface area contributed by atoms with Crippen LogP contribution in [0.15, 0.2) is 0 Å². The highest BCUT2D eigenvalue weighted by Crippen LogP contribution is 2.20. The van der Waals surface area contributed by atoms with Crippen LogP contribution < -0.4 is 5.32 Å². The predicted molar refractivity (Wildman–Crippen MR) is 46.8 cm³/mol. The van der Waals surface area contributed by atoms with Crippen molar-refractivity contribution >= 4 is 5.91 Å². The Bertz CT molecular complexity index is 246. The van der Waals surface area contributed by atoms with E-state index in [0.717, 1.165) is 13.1 Å². The lowest BCUT2D eigenvalue weighted by Gasteiger charge is -2.32. The minimum absolute atomic E-state index is 0.0131. The van der Waals surface area contributed by atoms with E-state index in [1.165, 1.54) is 12.8 Å². The number of nitrogens with one attached hydrogen (secondary N) is 1. The predicted octanol–water partition coefficient (Wildman–Crippen LogP) is -0.137. The fraction of sp³-hybridized carbons (Fsp3) is 0.778. The first-order valence-corrected chi connectivity index (χ1v) is 4.70. The summed E-state index contributed by atoms with van der Waals surface area (Å²) in [6, 6.07) is 2.85. The molecular weight excluding hydrogens is 166 g/mol. The molecule has 2 rings (SSSR count). The minimum Gasteiger partial charge on any atom is -0.339 e. The number of likely N-dealkylation sites (tertiary alicyclic amines) is 1. The van der Waals surface area contributed by atoms with Crippen molar-refractivity contribution in [1.82, 2.24) is 10.2 Å². The van der Waals surface area contributed by atoms with E-state index >= 15 is 0 Å². The van der Waals surface area contributed by atoms with Crippen molar-refractivity contribution in [1.29, 1.82) is 5.26 Å². The summed E-state index contributed by atoms with van der Waals surface area (Å²) in [5, 5.41) is 11.8. The van der Waals surface area contributed by atoms with Crippen molar-refractivity contribution in [2.75, 3.05) is 13.1 Å². The third-order valence-electron chi connectivity index (χ3n) is 2.80. The second-order valence-electron chi connectivity index (χ2n) is 3.77. The highest BCUT2D eigenvalue weighted by atomic mass is 16.2. The monoisotopic (exact) mass is 179 g/mol. The molecule has 0 aromatic rings. The normalized spacial score (nSPS) is 31.5. The third kappa shape index (κ3) is 1.65. The maximum absolute atomic E-state index is 11.4. The molecule has 0 radical (unpaired) electrons. The molecule has 0 aromatic heterocycles. The molecule has 2 aliphatic heterocycles. The molecule has 1 amide bonds. The molecule has 2 aliphatic rings. The third-order valence-corrected chi connectivity index (χ3v) is 2.80. The fourth-order valence-corrected chi connectivity index (χ4v) is 2.18. The van der Waals surface area contributed by atoms with Gasteiger partial charge >= 0.3 is 0 Å². The van der Waals surface area contributed by atoms with E-state index in [1.807, 2.05) is 11.0 Å². The summed E-state index contributed by atoms with van der Waals surface area (Å²) in [6.45, 7) is 1.58. The van der Waals surface area contributed by atoms with Gasteiger partial charge in [-0.2, -0.15) is 5.26 Å². The van der Waals surface area contributed by atoms with Crippen LogP contribution in [0.5, 0.6) is 0 Å². The van der Waals surface area contributed by atoms with Gasteiger partial charge in [0.2, 0.25) is 5.91 Å². The quantitative estimate of drug-likeness (QED) is 0.609. The summed E-state index contributed by atoms with van der Waals surface area (Å²) >= 11 is 0. The number of nitriles is 1. The van der Waals surface area contributed by atoms with Crippen LogP contribution in [-0.4, -0.2) is 36.0 Å². The molecule has 0 spiro atoms. The first-order valence-electron chi connectivity index (χ1n) is 4.70. The van der Waals surface area contributed by atoms with Crippen LogP contribution in [0.2, 0.25) is 0 Å². The van der Waals surface area contributed by atoms with Gasteiger partial charge in [-0.15, -0.1) is 0 Å². The van der Waals surface area contributed by atoms with Crippen LogP contribution in [0.4, 0.5) is 0 Å². The van der Waals surface area contributed by atoms with E-state index in [4.69, 9.17) is 5.26 Å². The first-order chi connectivity index (χ1) is 6.29. The summed E-state index contributed by atoms with van der Waals surface area (Å²) in [5.41, 5.74) is 0. The molecule has 2 heterocycles. The highest BCUT2D eigenvalue weighted by Gasteiger charge is 2.33. The van der Waals surface area contributed by atoms with Crippen molar-refractivity contribution in [3.63, 3.8) is 0 Å². The zero-order valence-corrected chi connectivity index (χ0v) is 7.49. The maximum Gasteiger partial charge on any atom is 0.236 e. The van der Waals surface area contributed by atoms with Crippen LogP contribution in [0.3, 0.4) is 0 Å². The summed E-state index contributed by atoms with van der Waals surface area (Å²) in [6.07, 6.45) is 2.36. The number of carbonyl (C=O) groups excluding carboxylic acids is 1. The number of carbonyl (C=O) groups is 1. The fourth-order valence-electron chi connectivity index (χ4n) is 2.18. The Morgan fingerprint density at radius 2 is 2.08 bits per heavy atom. The molecule has 2 saturated heterocycles. The molecule has 70 valence electrons. The molecule has 2 fully saturated rings. The summed E-state index contributed by atoms with van der Waals surface area (Å²) in [4.78, 5) is 13.2. The molecule has 2 bridgehead atoms. The van der Waals surface area contributed by atoms with Gasteiger partial charge in [0.1, 0.15) is 6.42 Å². The Hall–Kier alpha value is -1.08. The lowest BCUT2D eigenvalue weighted by molar-refractivity contribution is -0.131. The molecule has 4 heteroatoms. The van der Waals surface area contributed by atoms with Gasteiger partial charge < -0.3 is 10.2 Å². The van der Waals surface area contributed by atoms with Gasteiger partial charge in [0.25, 0.3) is 0 Å². The van der Waals surface area contributed by atoms with Gasteiger partial charge in [0, 0.05) is 25.2 Å². The van der Waals surface area contributed by atoms with Crippen LogP contribution in [-0.2, 0) is 4.79 Å². The van der Waals surface area contributed by atoms with E-state index in [-0.39, 0.29) is 12.3 Å². The van der Waals surface area contributed by atoms with Gasteiger partial charge in [-0.3, -0.25) is 4.79 Å². The molecule has 13 heavy (non-hydrogen) atoms. The number of hydrogen-bond donors (Lipinski definition) is 1. The second-order valence-corrected chi connectivity index (χ2v) is 3.77. The van der Waals surface area contributed by atoms with Crippen molar-refractivity contribution < 1.29 is 4.79 Å². The Labute approximate surface area is 77.5 Å². The number of fused-ring (bicyclic) bond motifs is 2. The largest absolute Gasteiger partial charge is 0.339 e.